The molecule has 5 heteroatoms. The molecule has 5 nitrogen and oxygen atoms in total. The topological polar surface area (TPSA) is 66.8 Å². The van der Waals surface area contributed by atoms with Crippen molar-refractivity contribution in [2.45, 2.75) is 70.4 Å². The van der Waals surface area contributed by atoms with Gasteiger partial charge in [0.25, 0.3) is 5.91 Å². The van der Waals surface area contributed by atoms with E-state index in [1.807, 2.05) is 11.0 Å². The first-order valence-electron chi connectivity index (χ1n) is 10.4. The lowest BCUT2D eigenvalue weighted by atomic mass is 9.80. The molecule has 1 aliphatic heterocycles. The van der Waals surface area contributed by atoms with Crippen molar-refractivity contribution in [3.63, 3.8) is 0 Å². The van der Waals surface area contributed by atoms with E-state index in [9.17, 15) is 14.7 Å². The van der Waals surface area contributed by atoms with Crippen LogP contribution >= 0.6 is 0 Å². The smallest absolute Gasteiger partial charge is 0.309 e. The average molecular weight is 371 g/mol. The van der Waals surface area contributed by atoms with Gasteiger partial charge < -0.3 is 14.7 Å². The second kappa shape index (κ2) is 7.91. The van der Waals surface area contributed by atoms with E-state index in [0.717, 1.165) is 57.1 Å². The molecular weight excluding hydrogens is 342 g/mol. The SMILES string of the molecule is O=C(OC1CCCC1)C1CCC(CCN2Cc3ccc(O)cc3C2=O)CC1. The fourth-order valence-electron chi connectivity index (χ4n) is 4.82. The Hall–Kier alpha value is -2.04. The summed E-state index contributed by atoms with van der Waals surface area (Å²) in [5.41, 5.74) is 1.63. The Morgan fingerprint density at radius 3 is 2.59 bits per heavy atom. The number of aromatic hydroxyl groups is 1. The van der Waals surface area contributed by atoms with Crippen molar-refractivity contribution >= 4 is 11.9 Å². The van der Waals surface area contributed by atoms with Gasteiger partial charge in [-0.1, -0.05) is 6.07 Å². The largest absolute Gasteiger partial charge is 0.508 e. The number of phenolic OH excluding ortho intramolecular Hbond substituents is 1. The van der Waals surface area contributed by atoms with Crippen molar-refractivity contribution in [3.05, 3.63) is 29.3 Å². The maximum absolute atomic E-state index is 12.5. The normalized spacial score (nSPS) is 25.6. The van der Waals surface area contributed by atoms with Gasteiger partial charge in [0.2, 0.25) is 0 Å². The van der Waals surface area contributed by atoms with Gasteiger partial charge in [0.05, 0.1) is 5.92 Å². The number of rotatable bonds is 5. The highest BCUT2D eigenvalue weighted by molar-refractivity contribution is 5.98. The van der Waals surface area contributed by atoms with Gasteiger partial charge in [-0.05, 0) is 81.4 Å². The molecule has 0 saturated heterocycles. The van der Waals surface area contributed by atoms with Gasteiger partial charge in [-0.3, -0.25) is 9.59 Å². The zero-order chi connectivity index (χ0) is 18.8. The average Bonchev–Trinajstić information content (AvgIpc) is 3.29. The van der Waals surface area contributed by atoms with Crippen LogP contribution in [0.2, 0.25) is 0 Å². The summed E-state index contributed by atoms with van der Waals surface area (Å²) >= 11 is 0. The number of phenols is 1. The van der Waals surface area contributed by atoms with Crippen LogP contribution in [0.4, 0.5) is 0 Å². The van der Waals surface area contributed by atoms with Crippen LogP contribution in [0.1, 0.15) is 73.7 Å². The monoisotopic (exact) mass is 371 g/mol. The summed E-state index contributed by atoms with van der Waals surface area (Å²) in [5, 5.41) is 9.58. The minimum Gasteiger partial charge on any atom is -0.508 e. The molecule has 1 aromatic rings. The van der Waals surface area contributed by atoms with Crippen molar-refractivity contribution in [1.82, 2.24) is 4.90 Å². The molecule has 0 spiro atoms. The summed E-state index contributed by atoms with van der Waals surface area (Å²) in [6, 6.07) is 5.05. The number of carbonyl (C=O) groups is 2. The Labute approximate surface area is 160 Å². The fraction of sp³-hybridized carbons (Fsp3) is 0.636. The maximum Gasteiger partial charge on any atom is 0.309 e. The second-order valence-corrected chi connectivity index (χ2v) is 8.42. The van der Waals surface area contributed by atoms with Gasteiger partial charge in [-0.15, -0.1) is 0 Å². The van der Waals surface area contributed by atoms with Crippen molar-refractivity contribution in [2.24, 2.45) is 11.8 Å². The summed E-state index contributed by atoms with van der Waals surface area (Å²) < 4.78 is 5.67. The zero-order valence-corrected chi connectivity index (χ0v) is 15.9. The van der Waals surface area contributed by atoms with Crippen molar-refractivity contribution in [1.29, 1.82) is 0 Å². The van der Waals surface area contributed by atoms with Crippen LogP contribution in [-0.4, -0.2) is 34.5 Å². The molecule has 2 fully saturated rings. The van der Waals surface area contributed by atoms with E-state index in [-0.39, 0.29) is 29.6 Å². The van der Waals surface area contributed by atoms with E-state index < -0.39 is 0 Å². The number of hydrogen-bond acceptors (Lipinski definition) is 4. The molecule has 0 bridgehead atoms. The van der Waals surface area contributed by atoms with Crippen LogP contribution in [0.3, 0.4) is 0 Å². The van der Waals surface area contributed by atoms with Gasteiger partial charge in [-0.25, -0.2) is 0 Å². The number of nitrogens with zero attached hydrogens (tertiary/aromatic N) is 1. The van der Waals surface area contributed by atoms with E-state index in [4.69, 9.17) is 4.74 Å². The Balaban J connectivity index is 1.21. The van der Waals surface area contributed by atoms with Crippen molar-refractivity contribution in [2.75, 3.05) is 6.54 Å². The Bertz CT molecular complexity index is 702. The molecule has 0 unspecified atom stereocenters. The van der Waals surface area contributed by atoms with Crippen LogP contribution in [0, 0.1) is 11.8 Å². The van der Waals surface area contributed by atoms with E-state index in [2.05, 4.69) is 0 Å². The van der Waals surface area contributed by atoms with Gasteiger partial charge in [0, 0.05) is 18.7 Å². The Kier molecular flexibility index (Phi) is 5.37. The quantitative estimate of drug-likeness (QED) is 0.794. The van der Waals surface area contributed by atoms with Crippen LogP contribution in [0.5, 0.6) is 5.75 Å². The molecule has 0 atom stereocenters. The molecule has 2 saturated carbocycles. The number of esters is 1. The van der Waals surface area contributed by atoms with Gasteiger partial charge in [-0.2, -0.15) is 0 Å². The Morgan fingerprint density at radius 2 is 1.85 bits per heavy atom. The summed E-state index contributed by atoms with van der Waals surface area (Å²) in [5.74, 6) is 0.833. The minimum atomic E-state index is 0.0188. The van der Waals surface area contributed by atoms with Crippen molar-refractivity contribution < 1.29 is 19.4 Å². The molecule has 4 rings (SSSR count). The highest BCUT2D eigenvalue weighted by atomic mass is 16.5. The number of hydrogen-bond donors (Lipinski definition) is 1. The first-order chi connectivity index (χ1) is 13.1. The lowest BCUT2D eigenvalue weighted by Crippen LogP contribution is -2.29. The Morgan fingerprint density at radius 1 is 1.11 bits per heavy atom. The number of amides is 1. The molecule has 1 heterocycles. The third-order valence-electron chi connectivity index (χ3n) is 6.54. The van der Waals surface area contributed by atoms with E-state index in [1.165, 1.54) is 12.8 Å². The van der Waals surface area contributed by atoms with Gasteiger partial charge in [0.1, 0.15) is 11.9 Å². The molecule has 1 amide bonds. The maximum atomic E-state index is 12.5. The molecule has 146 valence electrons. The standard InChI is InChI=1S/C22H29NO4/c24-18-10-9-17-14-23(21(25)20(17)13-18)12-11-15-5-7-16(8-6-15)22(26)27-19-3-1-2-4-19/h9-10,13,15-16,19,24H,1-8,11-12,14H2. The molecule has 1 N–H and O–H groups in total. The van der Waals surface area contributed by atoms with Crippen LogP contribution in [0.25, 0.3) is 0 Å². The molecule has 0 aromatic heterocycles. The lowest BCUT2D eigenvalue weighted by Gasteiger charge is -2.29. The molecule has 2 aliphatic carbocycles. The molecule has 27 heavy (non-hydrogen) atoms. The lowest BCUT2D eigenvalue weighted by molar-refractivity contribution is -0.155. The number of ether oxygens (including phenoxy) is 1. The molecule has 3 aliphatic rings. The number of fused-ring (bicyclic) bond motifs is 1. The number of carbonyl (C=O) groups excluding carboxylic acids is 2. The second-order valence-electron chi connectivity index (χ2n) is 8.42. The van der Waals surface area contributed by atoms with Crippen LogP contribution in [-0.2, 0) is 16.1 Å². The molecule has 0 radical (unpaired) electrons. The highest BCUT2D eigenvalue weighted by Crippen LogP contribution is 2.34. The predicted octanol–water partition coefficient (Wildman–Crippen LogP) is 4.03. The molecular formula is C22H29NO4. The first-order valence-corrected chi connectivity index (χ1v) is 10.4. The minimum absolute atomic E-state index is 0.0188. The third-order valence-corrected chi connectivity index (χ3v) is 6.54. The summed E-state index contributed by atoms with van der Waals surface area (Å²) in [6.45, 7) is 1.38. The number of benzene rings is 1. The van der Waals surface area contributed by atoms with E-state index in [0.29, 0.717) is 18.0 Å². The first kappa shape index (κ1) is 18.3. The van der Waals surface area contributed by atoms with E-state index >= 15 is 0 Å². The summed E-state index contributed by atoms with van der Waals surface area (Å²) in [7, 11) is 0. The van der Waals surface area contributed by atoms with Crippen LogP contribution < -0.4 is 0 Å². The molecule has 1 aromatic carbocycles. The third kappa shape index (κ3) is 4.12. The van der Waals surface area contributed by atoms with Crippen molar-refractivity contribution in [3.8, 4) is 5.75 Å². The summed E-state index contributed by atoms with van der Waals surface area (Å²) in [6.07, 6.45) is 9.49. The van der Waals surface area contributed by atoms with E-state index in [1.54, 1.807) is 12.1 Å². The fourth-order valence-corrected chi connectivity index (χ4v) is 4.82. The predicted molar refractivity (Wildman–Crippen MR) is 101 cm³/mol. The van der Waals surface area contributed by atoms with Crippen LogP contribution in [0.15, 0.2) is 18.2 Å². The van der Waals surface area contributed by atoms with Gasteiger partial charge in [0.15, 0.2) is 0 Å². The highest BCUT2D eigenvalue weighted by Gasteiger charge is 2.31. The zero-order valence-electron chi connectivity index (χ0n) is 15.9. The summed E-state index contributed by atoms with van der Waals surface area (Å²) in [4.78, 5) is 26.7. The van der Waals surface area contributed by atoms with Gasteiger partial charge >= 0.3 is 5.97 Å².